The topological polar surface area (TPSA) is 71.4 Å². The molecule has 0 aliphatic carbocycles. The molecule has 33 heavy (non-hydrogen) atoms. The van der Waals surface area contributed by atoms with Crippen LogP contribution in [-0.4, -0.2) is 58.3 Å². The van der Waals surface area contributed by atoms with E-state index < -0.39 is 6.17 Å². The Labute approximate surface area is 193 Å². The van der Waals surface area contributed by atoms with Crippen LogP contribution < -0.4 is 4.74 Å². The van der Waals surface area contributed by atoms with Gasteiger partial charge in [0.25, 0.3) is 0 Å². The molecule has 1 saturated heterocycles. The Hall–Kier alpha value is -3.08. The highest BCUT2D eigenvalue weighted by Gasteiger charge is 2.29. The summed E-state index contributed by atoms with van der Waals surface area (Å²) in [5.74, 6) is 7.72. The molecule has 3 heterocycles. The Kier molecular flexibility index (Phi) is 7.82. The SMILES string of the molecule is COc1ccc2nccc([C@H](F)CC[C@@H]3CCN(CC#Cc4ncccn4)C[C@@H]3CO)c2c1. The van der Waals surface area contributed by atoms with Crippen molar-refractivity contribution in [2.75, 3.05) is 33.4 Å². The molecule has 4 rings (SSSR count). The van der Waals surface area contributed by atoms with Crippen LogP contribution in [0.3, 0.4) is 0 Å². The van der Waals surface area contributed by atoms with Crippen LogP contribution in [-0.2, 0) is 0 Å². The molecule has 3 aromatic rings. The first-order valence-electron chi connectivity index (χ1n) is 11.3. The number of methoxy groups -OCH3 is 1. The lowest BCUT2D eigenvalue weighted by Gasteiger charge is -2.37. The van der Waals surface area contributed by atoms with Crippen molar-refractivity contribution < 1.29 is 14.2 Å². The van der Waals surface area contributed by atoms with E-state index in [9.17, 15) is 5.11 Å². The summed E-state index contributed by atoms with van der Waals surface area (Å²) in [6, 6.07) is 9.06. The lowest BCUT2D eigenvalue weighted by atomic mass is 9.81. The second-order valence-corrected chi connectivity index (χ2v) is 8.43. The number of aliphatic hydroxyl groups excluding tert-OH is 1. The van der Waals surface area contributed by atoms with Crippen LogP contribution in [0.2, 0.25) is 0 Å². The van der Waals surface area contributed by atoms with Gasteiger partial charge in [0.15, 0.2) is 0 Å². The van der Waals surface area contributed by atoms with Crippen LogP contribution in [0.25, 0.3) is 10.9 Å². The van der Waals surface area contributed by atoms with Crippen LogP contribution in [0.15, 0.2) is 48.9 Å². The Morgan fingerprint density at radius 2 is 2.03 bits per heavy atom. The summed E-state index contributed by atoms with van der Waals surface area (Å²) in [4.78, 5) is 14.8. The maximum absolute atomic E-state index is 15.3. The van der Waals surface area contributed by atoms with Gasteiger partial charge in [-0.05, 0) is 79.5 Å². The average molecular weight is 449 g/mol. The third kappa shape index (κ3) is 5.84. The first kappa shape index (κ1) is 23.1. The van der Waals surface area contributed by atoms with Crippen LogP contribution >= 0.6 is 0 Å². The molecule has 7 heteroatoms. The minimum absolute atomic E-state index is 0.0999. The molecule has 0 spiro atoms. The van der Waals surface area contributed by atoms with Gasteiger partial charge < -0.3 is 9.84 Å². The highest BCUT2D eigenvalue weighted by Crippen LogP contribution is 2.35. The Bertz CT molecular complexity index is 1120. The molecule has 1 N–H and O–H groups in total. The van der Waals surface area contributed by atoms with Gasteiger partial charge in [-0.3, -0.25) is 9.88 Å². The summed E-state index contributed by atoms with van der Waals surface area (Å²) in [5.41, 5.74) is 1.41. The molecule has 1 aliphatic rings. The zero-order valence-electron chi connectivity index (χ0n) is 18.8. The largest absolute Gasteiger partial charge is 0.497 e. The van der Waals surface area contributed by atoms with E-state index in [0.29, 0.717) is 30.1 Å². The zero-order valence-corrected chi connectivity index (χ0v) is 18.8. The third-order valence-corrected chi connectivity index (χ3v) is 6.39. The smallest absolute Gasteiger partial charge is 0.204 e. The number of likely N-dealkylation sites (tertiary alicyclic amines) is 1. The third-order valence-electron chi connectivity index (χ3n) is 6.39. The molecule has 0 radical (unpaired) electrons. The number of rotatable bonds is 7. The molecule has 172 valence electrons. The second-order valence-electron chi connectivity index (χ2n) is 8.43. The Balaban J connectivity index is 1.34. The van der Waals surface area contributed by atoms with E-state index >= 15 is 4.39 Å². The highest BCUT2D eigenvalue weighted by molar-refractivity contribution is 5.83. The standard InChI is InChI=1S/C26H29FN4O2/c1-33-21-6-8-25-23(16-21)22(9-13-28-25)24(27)7-5-19-10-15-31(17-20(19)18-32)14-2-4-26-29-11-3-12-30-26/h3,6,8-9,11-13,16,19-20,24,32H,5,7,10,14-15,17-18H2,1H3/t19-,20-,24-/m1/s1. The van der Waals surface area contributed by atoms with E-state index in [0.717, 1.165) is 36.8 Å². The number of aromatic nitrogens is 3. The van der Waals surface area contributed by atoms with E-state index in [1.807, 2.05) is 18.2 Å². The van der Waals surface area contributed by atoms with E-state index in [1.54, 1.807) is 37.8 Å². The summed E-state index contributed by atoms with van der Waals surface area (Å²) in [5, 5.41) is 10.8. The molecule has 1 aromatic carbocycles. The molecular weight excluding hydrogens is 419 g/mol. The predicted octanol–water partition coefficient (Wildman–Crippen LogP) is 3.81. The molecule has 0 unspecified atom stereocenters. The average Bonchev–Trinajstić information content (AvgIpc) is 2.87. The number of aliphatic hydroxyl groups is 1. The fourth-order valence-electron chi connectivity index (χ4n) is 4.54. The van der Waals surface area contributed by atoms with Crippen molar-refractivity contribution >= 4 is 10.9 Å². The molecule has 0 amide bonds. The molecule has 0 saturated carbocycles. The molecular formula is C26H29FN4O2. The van der Waals surface area contributed by atoms with Gasteiger partial charge in [0.2, 0.25) is 5.82 Å². The number of alkyl halides is 1. The minimum Gasteiger partial charge on any atom is -0.497 e. The van der Waals surface area contributed by atoms with Gasteiger partial charge in [-0.15, -0.1) is 0 Å². The number of hydrogen-bond acceptors (Lipinski definition) is 6. The quantitative estimate of drug-likeness (QED) is 0.555. The van der Waals surface area contributed by atoms with Crippen LogP contribution in [0.5, 0.6) is 5.75 Å². The van der Waals surface area contributed by atoms with Crippen molar-refractivity contribution in [3.05, 3.63) is 60.3 Å². The summed E-state index contributed by atoms with van der Waals surface area (Å²) < 4.78 is 20.6. The number of benzene rings is 1. The summed E-state index contributed by atoms with van der Waals surface area (Å²) in [6.45, 7) is 2.36. The number of piperidine rings is 1. The van der Waals surface area contributed by atoms with E-state index in [2.05, 4.69) is 31.7 Å². The lowest BCUT2D eigenvalue weighted by Crippen LogP contribution is -2.42. The minimum atomic E-state index is -1.09. The molecule has 6 nitrogen and oxygen atoms in total. The number of halogens is 1. The van der Waals surface area contributed by atoms with Crippen LogP contribution in [0.4, 0.5) is 4.39 Å². The van der Waals surface area contributed by atoms with Crippen molar-refractivity contribution in [1.29, 1.82) is 0 Å². The molecule has 0 bridgehead atoms. The molecule has 2 aromatic heterocycles. The van der Waals surface area contributed by atoms with Gasteiger partial charge in [-0.2, -0.15) is 0 Å². The van der Waals surface area contributed by atoms with E-state index in [4.69, 9.17) is 4.74 Å². The van der Waals surface area contributed by atoms with Gasteiger partial charge >= 0.3 is 0 Å². The van der Waals surface area contributed by atoms with Crippen molar-refractivity contribution in [2.45, 2.75) is 25.4 Å². The predicted molar refractivity (Wildman–Crippen MR) is 125 cm³/mol. The van der Waals surface area contributed by atoms with Gasteiger partial charge in [-0.25, -0.2) is 14.4 Å². The van der Waals surface area contributed by atoms with Gasteiger partial charge in [0, 0.05) is 37.1 Å². The molecule has 1 fully saturated rings. The summed E-state index contributed by atoms with van der Waals surface area (Å²) in [7, 11) is 1.60. The highest BCUT2D eigenvalue weighted by atomic mass is 19.1. The monoisotopic (exact) mass is 448 g/mol. The van der Waals surface area contributed by atoms with Gasteiger partial charge in [-0.1, -0.05) is 5.92 Å². The first-order chi connectivity index (χ1) is 16.2. The zero-order chi connectivity index (χ0) is 23.0. The maximum atomic E-state index is 15.3. The van der Waals surface area contributed by atoms with E-state index in [1.165, 1.54) is 0 Å². The van der Waals surface area contributed by atoms with Crippen molar-refractivity contribution in [3.63, 3.8) is 0 Å². The number of nitrogens with zero attached hydrogens (tertiary/aromatic N) is 4. The summed E-state index contributed by atoms with van der Waals surface area (Å²) in [6.07, 6.45) is 6.00. The number of ether oxygens (including phenoxy) is 1. The Morgan fingerprint density at radius 1 is 1.18 bits per heavy atom. The van der Waals surface area contributed by atoms with Crippen molar-refractivity contribution in [2.24, 2.45) is 11.8 Å². The Morgan fingerprint density at radius 3 is 2.82 bits per heavy atom. The molecule has 1 aliphatic heterocycles. The number of hydrogen-bond donors (Lipinski definition) is 1. The fourth-order valence-corrected chi connectivity index (χ4v) is 4.54. The second kappa shape index (κ2) is 11.2. The first-order valence-corrected chi connectivity index (χ1v) is 11.3. The van der Waals surface area contributed by atoms with Gasteiger partial charge in [0.05, 0.1) is 19.2 Å². The van der Waals surface area contributed by atoms with Crippen LogP contribution in [0, 0.1) is 23.7 Å². The maximum Gasteiger partial charge on any atom is 0.204 e. The lowest BCUT2D eigenvalue weighted by molar-refractivity contribution is 0.0708. The molecule has 3 atom stereocenters. The van der Waals surface area contributed by atoms with Crippen molar-refractivity contribution in [3.8, 4) is 17.6 Å². The summed E-state index contributed by atoms with van der Waals surface area (Å²) >= 11 is 0. The number of fused-ring (bicyclic) bond motifs is 1. The van der Waals surface area contributed by atoms with Gasteiger partial charge in [0.1, 0.15) is 11.9 Å². The number of pyridine rings is 1. The van der Waals surface area contributed by atoms with Crippen LogP contribution in [0.1, 0.15) is 36.8 Å². The fraction of sp³-hybridized carbons (Fsp3) is 0.423. The van der Waals surface area contributed by atoms with E-state index in [-0.39, 0.29) is 18.4 Å². The van der Waals surface area contributed by atoms with Crippen molar-refractivity contribution in [1.82, 2.24) is 19.9 Å². The normalized spacial score (nSPS) is 19.6.